The molecule has 2 aromatic rings. The molecule has 0 aliphatic carbocycles. The minimum Gasteiger partial charge on any atom is -0.497 e. The van der Waals surface area contributed by atoms with E-state index in [2.05, 4.69) is 5.32 Å². The number of nitro benzene ring substituents is 1. The van der Waals surface area contributed by atoms with Crippen LogP contribution >= 0.6 is 11.6 Å². The molecule has 1 amide bonds. The van der Waals surface area contributed by atoms with Gasteiger partial charge in [-0.25, -0.2) is 8.42 Å². The fourth-order valence-electron chi connectivity index (χ4n) is 3.16. The van der Waals surface area contributed by atoms with Gasteiger partial charge in [0.25, 0.3) is 5.69 Å². The van der Waals surface area contributed by atoms with Crippen molar-refractivity contribution >= 4 is 38.9 Å². The Kier molecular flexibility index (Phi) is 7.11. The van der Waals surface area contributed by atoms with E-state index >= 15 is 0 Å². The standard InChI is InChI=1S/C19H21ClN4O6S/c1-30-15-3-5-16(6-4-15)31(28,29)23-10-8-22(9-11-23)13-19(25)21-14-2-7-17(20)18(12-14)24(26)27/h2-7,12H,8-11,13H2,1H3,(H,21,25). The van der Waals surface area contributed by atoms with Gasteiger partial charge in [-0.3, -0.25) is 19.8 Å². The predicted molar refractivity (Wildman–Crippen MR) is 115 cm³/mol. The number of methoxy groups -OCH3 is 1. The van der Waals surface area contributed by atoms with E-state index in [9.17, 15) is 23.3 Å². The second-order valence-corrected chi connectivity index (χ2v) is 9.17. The van der Waals surface area contributed by atoms with Crippen molar-refractivity contribution in [3.05, 3.63) is 57.6 Å². The average Bonchev–Trinajstić information content (AvgIpc) is 2.75. The van der Waals surface area contributed by atoms with Crippen molar-refractivity contribution in [1.29, 1.82) is 0 Å². The van der Waals surface area contributed by atoms with Gasteiger partial charge in [0, 0.05) is 37.9 Å². The summed E-state index contributed by atoms with van der Waals surface area (Å²) in [4.78, 5) is 24.6. The molecule has 0 atom stereocenters. The van der Waals surface area contributed by atoms with Crippen LogP contribution in [0.2, 0.25) is 5.02 Å². The molecule has 2 aromatic carbocycles. The maximum Gasteiger partial charge on any atom is 0.289 e. The second-order valence-electron chi connectivity index (χ2n) is 6.83. The Morgan fingerprint density at radius 1 is 1.16 bits per heavy atom. The number of carbonyl (C=O) groups excluding carboxylic acids is 1. The number of hydrogen-bond acceptors (Lipinski definition) is 7. The van der Waals surface area contributed by atoms with Gasteiger partial charge >= 0.3 is 0 Å². The number of benzene rings is 2. The molecule has 0 unspecified atom stereocenters. The van der Waals surface area contributed by atoms with Gasteiger partial charge in [-0.1, -0.05) is 11.6 Å². The Morgan fingerprint density at radius 2 is 1.81 bits per heavy atom. The third kappa shape index (κ3) is 5.50. The van der Waals surface area contributed by atoms with Crippen molar-refractivity contribution in [3.8, 4) is 5.75 Å². The Hall–Kier alpha value is -2.73. The number of amides is 1. The number of sulfonamides is 1. The molecule has 0 aromatic heterocycles. The van der Waals surface area contributed by atoms with Gasteiger partial charge in [0.15, 0.2) is 0 Å². The molecule has 1 heterocycles. The zero-order chi connectivity index (χ0) is 22.6. The predicted octanol–water partition coefficient (Wildman–Crippen LogP) is 2.20. The molecule has 166 valence electrons. The van der Waals surface area contributed by atoms with E-state index in [1.54, 1.807) is 12.1 Å². The fraction of sp³-hybridized carbons (Fsp3) is 0.316. The van der Waals surface area contributed by atoms with E-state index in [-0.39, 0.29) is 46.8 Å². The van der Waals surface area contributed by atoms with E-state index in [1.165, 1.54) is 41.7 Å². The number of nitrogens with one attached hydrogen (secondary N) is 1. The SMILES string of the molecule is COc1ccc(S(=O)(=O)N2CCN(CC(=O)Nc3ccc(Cl)c([N+](=O)[O-])c3)CC2)cc1. The topological polar surface area (TPSA) is 122 Å². The first-order valence-electron chi connectivity index (χ1n) is 9.31. The summed E-state index contributed by atoms with van der Waals surface area (Å²) < 4.78 is 32.0. The molecular formula is C19H21ClN4O6S. The van der Waals surface area contributed by atoms with E-state index in [4.69, 9.17) is 16.3 Å². The van der Waals surface area contributed by atoms with Crippen LogP contribution in [0.4, 0.5) is 11.4 Å². The smallest absolute Gasteiger partial charge is 0.289 e. The maximum atomic E-state index is 12.8. The third-order valence-corrected chi connectivity index (χ3v) is 7.05. The third-order valence-electron chi connectivity index (χ3n) is 4.82. The lowest BCUT2D eigenvalue weighted by molar-refractivity contribution is -0.384. The quantitative estimate of drug-likeness (QED) is 0.488. The highest BCUT2D eigenvalue weighted by atomic mass is 35.5. The fourth-order valence-corrected chi connectivity index (χ4v) is 4.77. The maximum absolute atomic E-state index is 12.8. The number of nitrogens with zero attached hydrogens (tertiary/aromatic N) is 3. The van der Waals surface area contributed by atoms with Crippen molar-refractivity contribution < 1.29 is 22.9 Å². The Labute approximate surface area is 184 Å². The van der Waals surface area contributed by atoms with Crippen molar-refractivity contribution in [1.82, 2.24) is 9.21 Å². The molecule has 1 saturated heterocycles. The van der Waals surface area contributed by atoms with Gasteiger partial charge in [0.1, 0.15) is 10.8 Å². The lowest BCUT2D eigenvalue weighted by atomic mass is 10.2. The van der Waals surface area contributed by atoms with Crippen LogP contribution < -0.4 is 10.1 Å². The summed E-state index contributed by atoms with van der Waals surface area (Å²) in [5.41, 5.74) is -0.0290. The molecule has 12 heteroatoms. The van der Waals surface area contributed by atoms with E-state index in [0.29, 0.717) is 18.8 Å². The van der Waals surface area contributed by atoms with Crippen LogP contribution in [-0.2, 0) is 14.8 Å². The number of hydrogen-bond donors (Lipinski definition) is 1. The molecule has 0 saturated carbocycles. The summed E-state index contributed by atoms with van der Waals surface area (Å²) in [5.74, 6) is 0.212. The largest absolute Gasteiger partial charge is 0.497 e. The van der Waals surface area contributed by atoms with E-state index < -0.39 is 14.9 Å². The van der Waals surface area contributed by atoms with Crippen LogP contribution in [0, 0.1) is 10.1 Å². The monoisotopic (exact) mass is 468 g/mol. The van der Waals surface area contributed by atoms with Crippen molar-refractivity contribution in [3.63, 3.8) is 0 Å². The highest BCUT2D eigenvalue weighted by Gasteiger charge is 2.29. The lowest BCUT2D eigenvalue weighted by Crippen LogP contribution is -2.50. The van der Waals surface area contributed by atoms with Crippen LogP contribution in [0.5, 0.6) is 5.75 Å². The molecule has 0 spiro atoms. The van der Waals surface area contributed by atoms with Crippen LogP contribution in [0.1, 0.15) is 0 Å². The second kappa shape index (κ2) is 9.60. The zero-order valence-corrected chi connectivity index (χ0v) is 18.2. The van der Waals surface area contributed by atoms with Gasteiger partial charge in [0.2, 0.25) is 15.9 Å². The molecule has 1 aliphatic rings. The van der Waals surface area contributed by atoms with Gasteiger partial charge in [-0.15, -0.1) is 0 Å². The number of nitro groups is 1. The summed E-state index contributed by atoms with van der Waals surface area (Å²) in [5, 5.41) is 13.5. The summed E-state index contributed by atoms with van der Waals surface area (Å²) in [6.45, 7) is 1.28. The average molecular weight is 469 g/mol. The summed E-state index contributed by atoms with van der Waals surface area (Å²) in [7, 11) is -2.12. The Morgan fingerprint density at radius 3 is 2.39 bits per heavy atom. The molecule has 0 radical (unpaired) electrons. The Balaban J connectivity index is 1.55. The van der Waals surface area contributed by atoms with Crippen LogP contribution in [0.15, 0.2) is 47.4 Å². The van der Waals surface area contributed by atoms with Crippen molar-refractivity contribution in [2.45, 2.75) is 4.90 Å². The summed E-state index contributed by atoms with van der Waals surface area (Å²) >= 11 is 5.77. The molecule has 10 nitrogen and oxygen atoms in total. The van der Waals surface area contributed by atoms with Gasteiger partial charge in [-0.05, 0) is 36.4 Å². The molecular weight excluding hydrogens is 448 g/mol. The number of ether oxygens (including phenoxy) is 1. The first-order valence-corrected chi connectivity index (χ1v) is 11.1. The molecule has 0 bridgehead atoms. The number of anilines is 1. The Bertz CT molecular complexity index is 1070. The first kappa shape index (κ1) is 22.9. The van der Waals surface area contributed by atoms with Gasteiger partial charge < -0.3 is 10.1 Å². The number of halogens is 1. The minimum absolute atomic E-state index is 0.0165. The van der Waals surface area contributed by atoms with Crippen molar-refractivity contribution in [2.24, 2.45) is 0 Å². The van der Waals surface area contributed by atoms with Gasteiger partial charge in [0.05, 0.1) is 23.5 Å². The number of piperazine rings is 1. The number of rotatable bonds is 7. The van der Waals surface area contributed by atoms with Crippen LogP contribution in [0.25, 0.3) is 0 Å². The molecule has 31 heavy (non-hydrogen) atoms. The molecule has 1 N–H and O–H groups in total. The summed E-state index contributed by atoms with van der Waals surface area (Å²) in [6, 6.07) is 10.2. The normalized spacial score (nSPS) is 15.4. The van der Waals surface area contributed by atoms with E-state index in [1.807, 2.05) is 4.90 Å². The van der Waals surface area contributed by atoms with E-state index in [0.717, 1.165) is 0 Å². The number of carbonyl (C=O) groups is 1. The highest BCUT2D eigenvalue weighted by Crippen LogP contribution is 2.27. The molecule has 1 fully saturated rings. The van der Waals surface area contributed by atoms with Crippen LogP contribution in [-0.4, -0.2) is 68.3 Å². The molecule has 3 rings (SSSR count). The summed E-state index contributed by atoms with van der Waals surface area (Å²) in [6.07, 6.45) is 0. The van der Waals surface area contributed by atoms with Crippen molar-refractivity contribution in [2.75, 3.05) is 45.2 Å². The minimum atomic E-state index is -3.63. The zero-order valence-electron chi connectivity index (χ0n) is 16.7. The highest BCUT2D eigenvalue weighted by molar-refractivity contribution is 7.89. The van der Waals surface area contributed by atoms with Gasteiger partial charge in [-0.2, -0.15) is 4.31 Å². The lowest BCUT2D eigenvalue weighted by Gasteiger charge is -2.33. The first-order chi connectivity index (χ1) is 14.7. The van der Waals surface area contributed by atoms with Crippen LogP contribution in [0.3, 0.4) is 0 Å². The molecule has 1 aliphatic heterocycles.